The Hall–Kier alpha value is -0.500. The second-order valence-corrected chi connectivity index (χ2v) is 8.49. The molecule has 0 rings (SSSR count). The molecule has 0 aliphatic heterocycles. The number of carbonyl (C=O) groups excluding carboxylic acids is 1. The smallest absolute Gasteiger partial charge is 0.383 e. The molecule has 0 bridgehead atoms. The summed E-state index contributed by atoms with van der Waals surface area (Å²) in [6.45, 7) is 1.52. The molecule has 27 heavy (non-hydrogen) atoms. The summed E-state index contributed by atoms with van der Waals surface area (Å²) in [5, 5.41) is 9.45. The van der Waals surface area contributed by atoms with Gasteiger partial charge >= 0.3 is 10.4 Å². The second-order valence-electron chi connectivity index (χ2n) is 7.39. The van der Waals surface area contributed by atoms with Crippen molar-refractivity contribution >= 4 is 16.2 Å². The van der Waals surface area contributed by atoms with Crippen LogP contribution in [0.25, 0.3) is 0 Å². The van der Waals surface area contributed by atoms with Crippen LogP contribution >= 0.6 is 0 Å². The Kier molecular flexibility index (Phi) is 17.3. The van der Waals surface area contributed by atoms with Crippen molar-refractivity contribution in [2.45, 2.75) is 116 Å². The molecule has 0 heterocycles. The van der Waals surface area contributed by atoms with Crippen LogP contribution in [0.5, 0.6) is 0 Å². The van der Waals surface area contributed by atoms with Gasteiger partial charge in [0.15, 0.2) is 5.78 Å². The van der Waals surface area contributed by atoms with Crippen molar-refractivity contribution < 1.29 is 27.1 Å². The van der Waals surface area contributed by atoms with Crippen molar-refractivity contribution in [3.8, 4) is 0 Å². The number of Topliss-reactive ketones (excluding diaryl/α,β-unsaturated/α-hetero) is 1. The Morgan fingerprint density at radius 3 is 1.52 bits per heavy atom. The maximum Gasteiger partial charge on any atom is 0.397 e. The zero-order chi connectivity index (χ0) is 20.4. The highest BCUT2D eigenvalue weighted by Crippen LogP contribution is 2.14. The van der Waals surface area contributed by atoms with E-state index < -0.39 is 28.9 Å². The summed E-state index contributed by atoms with van der Waals surface area (Å²) in [5.74, 6) is -0.451. The molecule has 0 spiro atoms. The first kappa shape index (κ1) is 26.5. The van der Waals surface area contributed by atoms with Crippen LogP contribution < -0.4 is 0 Å². The Bertz CT molecular complexity index is 449. The minimum absolute atomic E-state index is 0.203. The van der Waals surface area contributed by atoms with Gasteiger partial charge in [0.1, 0.15) is 12.7 Å². The van der Waals surface area contributed by atoms with Crippen LogP contribution in [0.2, 0.25) is 0 Å². The first-order chi connectivity index (χ1) is 12.9. The molecule has 6 nitrogen and oxygen atoms in total. The number of hydrogen-bond donors (Lipinski definition) is 2. The van der Waals surface area contributed by atoms with E-state index >= 15 is 0 Å². The highest BCUT2D eigenvalue weighted by molar-refractivity contribution is 7.80. The van der Waals surface area contributed by atoms with Gasteiger partial charge in [-0.05, 0) is 6.42 Å². The molecule has 162 valence electrons. The number of ketones is 1. The predicted molar refractivity (Wildman–Crippen MR) is 108 cm³/mol. The summed E-state index contributed by atoms with van der Waals surface area (Å²) < 4.78 is 33.1. The van der Waals surface area contributed by atoms with Crippen molar-refractivity contribution in [1.82, 2.24) is 0 Å². The molecule has 0 fully saturated rings. The molecule has 0 aliphatic carbocycles. The van der Waals surface area contributed by atoms with E-state index in [1.807, 2.05) is 0 Å². The van der Waals surface area contributed by atoms with Gasteiger partial charge in [-0.25, -0.2) is 4.18 Å². The predicted octanol–water partition coefficient (Wildman–Crippen LogP) is 5.00. The third kappa shape index (κ3) is 20.1. The summed E-state index contributed by atoms with van der Waals surface area (Å²) in [6, 6.07) is 0. The van der Waals surface area contributed by atoms with Crippen LogP contribution in [0.1, 0.15) is 110 Å². The maximum atomic E-state index is 11.6. The van der Waals surface area contributed by atoms with Crippen LogP contribution in [0.4, 0.5) is 0 Å². The number of carbonyl (C=O) groups is 1. The van der Waals surface area contributed by atoms with Crippen molar-refractivity contribution in [2.24, 2.45) is 0 Å². The fourth-order valence-corrected chi connectivity index (χ4v) is 3.38. The summed E-state index contributed by atoms with van der Waals surface area (Å²) in [6.07, 6.45) is 17.3. The molecule has 0 aromatic heterocycles. The number of hydrogen-bond acceptors (Lipinski definition) is 5. The SMILES string of the molecule is CCCCCCCCCCCCCCCCCC(=O)C(O)COS(=O)(=O)O. The molecule has 0 radical (unpaired) electrons. The van der Waals surface area contributed by atoms with Gasteiger partial charge in [0.2, 0.25) is 0 Å². The van der Waals surface area contributed by atoms with Gasteiger partial charge in [0.05, 0.1) is 0 Å². The minimum Gasteiger partial charge on any atom is -0.383 e. The van der Waals surface area contributed by atoms with Crippen molar-refractivity contribution in [3.63, 3.8) is 0 Å². The van der Waals surface area contributed by atoms with Crippen molar-refractivity contribution in [1.29, 1.82) is 0 Å². The van der Waals surface area contributed by atoms with E-state index in [4.69, 9.17) is 4.55 Å². The van der Waals surface area contributed by atoms with Crippen LogP contribution in [0.3, 0.4) is 0 Å². The minimum atomic E-state index is -4.62. The first-order valence-corrected chi connectivity index (χ1v) is 12.1. The molecular formula is C20H40O6S. The van der Waals surface area contributed by atoms with E-state index in [9.17, 15) is 18.3 Å². The highest BCUT2D eigenvalue weighted by Gasteiger charge is 2.17. The Morgan fingerprint density at radius 1 is 0.778 bits per heavy atom. The number of rotatable bonds is 20. The lowest BCUT2D eigenvalue weighted by molar-refractivity contribution is -0.128. The van der Waals surface area contributed by atoms with E-state index in [-0.39, 0.29) is 6.42 Å². The number of aliphatic hydroxyl groups excluding tert-OH is 1. The van der Waals surface area contributed by atoms with E-state index in [1.54, 1.807) is 0 Å². The van der Waals surface area contributed by atoms with Gasteiger partial charge in [-0.1, -0.05) is 96.8 Å². The molecule has 1 unspecified atom stereocenters. The molecule has 0 aliphatic rings. The fourth-order valence-electron chi connectivity index (χ4n) is 3.08. The summed E-state index contributed by atoms with van der Waals surface area (Å²) in [4.78, 5) is 11.6. The maximum absolute atomic E-state index is 11.6. The van der Waals surface area contributed by atoms with Gasteiger partial charge in [-0.3, -0.25) is 9.35 Å². The summed E-state index contributed by atoms with van der Waals surface area (Å²) >= 11 is 0. The zero-order valence-corrected chi connectivity index (χ0v) is 17.9. The lowest BCUT2D eigenvalue weighted by atomic mass is 10.0. The molecule has 1 atom stereocenters. The van der Waals surface area contributed by atoms with Crippen LogP contribution in [-0.4, -0.2) is 36.6 Å². The molecule has 0 aromatic carbocycles. The quantitative estimate of drug-likeness (QED) is 0.217. The van der Waals surface area contributed by atoms with Gasteiger partial charge in [-0.2, -0.15) is 8.42 Å². The topological polar surface area (TPSA) is 101 Å². The molecule has 0 saturated carbocycles. The first-order valence-electron chi connectivity index (χ1n) is 10.7. The third-order valence-corrected chi connectivity index (χ3v) is 5.21. The Balaban J connectivity index is 3.32. The van der Waals surface area contributed by atoms with E-state index in [2.05, 4.69) is 11.1 Å². The molecule has 0 saturated heterocycles. The Labute approximate surface area is 166 Å². The van der Waals surface area contributed by atoms with Crippen molar-refractivity contribution in [3.05, 3.63) is 0 Å². The van der Waals surface area contributed by atoms with E-state index in [0.717, 1.165) is 12.8 Å². The average molecular weight is 409 g/mol. The van der Waals surface area contributed by atoms with Crippen LogP contribution in [-0.2, 0) is 19.4 Å². The zero-order valence-electron chi connectivity index (χ0n) is 17.0. The van der Waals surface area contributed by atoms with E-state index in [0.29, 0.717) is 6.42 Å². The number of aliphatic hydroxyl groups is 1. The molecule has 7 heteroatoms. The molecule has 2 N–H and O–H groups in total. The van der Waals surface area contributed by atoms with Crippen LogP contribution in [0, 0.1) is 0 Å². The monoisotopic (exact) mass is 408 g/mol. The van der Waals surface area contributed by atoms with Crippen molar-refractivity contribution in [2.75, 3.05) is 6.61 Å². The lowest BCUT2D eigenvalue weighted by Gasteiger charge is -2.08. The van der Waals surface area contributed by atoms with Gasteiger partial charge in [0, 0.05) is 6.42 Å². The normalized spacial score (nSPS) is 13.0. The highest BCUT2D eigenvalue weighted by atomic mass is 32.3. The molecule has 0 amide bonds. The van der Waals surface area contributed by atoms with E-state index in [1.165, 1.54) is 77.0 Å². The second kappa shape index (κ2) is 17.6. The molecular weight excluding hydrogens is 368 g/mol. The third-order valence-electron chi connectivity index (χ3n) is 4.77. The summed E-state index contributed by atoms with van der Waals surface area (Å²) in [5.41, 5.74) is 0. The lowest BCUT2D eigenvalue weighted by Crippen LogP contribution is -2.27. The average Bonchev–Trinajstić information content (AvgIpc) is 2.62. The summed E-state index contributed by atoms with van der Waals surface area (Å²) in [7, 11) is -4.62. The molecule has 0 aromatic rings. The largest absolute Gasteiger partial charge is 0.397 e. The number of unbranched alkanes of at least 4 members (excludes halogenated alkanes) is 14. The van der Waals surface area contributed by atoms with Crippen LogP contribution in [0.15, 0.2) is 0 Å². The Morgan fingerprint density at radius 2 is 1.15 bits per heavy atom. The van der Waals surface area contributed by atoms with Gasteiger partial charge in [0.25, 0.3) is 0 Å². The fraction of sp³-hybridized carbons (Fsp3) is 0.950. The van der Waals surface area contributed by atoms with Gasteiger partial charge in [-0.15, -0.1) is 0 Å². The van der Waals surface area contributed by atoms with Gasteiger partial charge < -0.3 is 5.11 Å². The standard InChI is InChI=1S/C20H40O6S/c1-2-3-4-5-6-7-8-9-10-11-12-13-14-15-16-17-19(21)20(22)18-26-27(23,24)25/h20,22H,2-18H2,1H3,(H,23,24,25).